The summed E-state index contributed by atoms with van der Waals surface area (Å²) in [4.78, 5) is 10.9. The highest BCUT2D eigenvalue weighted by atomic mass is 16.3. The van der Waals surface area contributed by atoms with Gasteiger partial charge in [0, 0.05) is 13.1 Å². The van der Waals surface area contributed by atoms with E-state index in [0.29, 0.717) is 0 Å². The Morgan fingerprint density at radius 1 is 1.40 bits per heavy atom. The van der Waals surface area contributed by atoms with Crippen molar-refractivity contribution in [2.75, 3.05) is 0 Å². The molecule has 0 bridgehead atoms. The molecule has 1 aromatic rings. The Morgan fingerprint density at radius 3 is 2.80 bits per heavy atom. The zero-order chi connectivity index (χ0) is 7.14. The lowest BCUT2D eigenvalue weighted by molar-refractivity contribution is 0.398. The molecule has 2 heterocycles. The van der Waals surface area contributed by atoms with Gasteiger partial charge in [-0.05, 0) is 6.42 Å². The van der Waals surface area contributed by atoms with Gasteiger partial charge in [-0.2, -0.15) is 0 Å². The summed E-state index contributed by atoms with van der Waals surface area (Å²) >= 11 is 0. The second-order valence-electron chi connectivity index (χ2n) is 2.44. The zero-order valence-corrected chi connectivity index (χ0v) is 5.45. The van der Waals surface area contributed by atoms with Gasteiger partial charge in [-0.1, -0.05) is 0 Å². The predicted octanol–water partition coefficient (Wildman–Crippen LogP) is -0.241. The molecule has 4 heteroatoms. The molecule has 0 aliphatic carbocycles. The third-order valence-corrected chi connectivity index (χ3v) is 1.80. The van der Waals surface area contributed by atoms with E-state index in [1.54, 1.807) is 9.36 Å². The maximum absolute atomic E-state index is 10.9. The molecular weight excluding hydrogens is 132 g/mol. The van der Waals surface area contributed by atoms with Crippen LogP contribution in [-0.4, -0.2) is 14.5 Å². The van der Waals surface area contributed by atoms with E-state index in [-0.39, 0.29) is 11.4 Å². The van der Waals surface area contributed by atoms with Crippen molar-refractivity contribution in [2.45, 2.75) is 19.5 Å². The molecule has 0 atom stereocenters. The molecule has 4 nitrogen and oxygen atoms in total. The molecule has 1 aromatic heterocycles. The van der Waals surface area contributed by atoms with Gasteiger partial charge in [0.2, 0.25) is 5.88 Å². The second kappa shape index (κ2) is 1.65. The molecule has 0 amide bonds. The first kappa shape index (κ1) is 5.58. The Balaban J connectivity index is 2.73. The Morgan fingerprint density at radius 2 is 2.10 bits per heavy atom. The van der Waals surface area contributed by atoms with Crippen molar-refractivity contribution in [1.82, 2.24) is 9.36 Å². The quantitative estimate of drug-likeness (QED) is 0.540. The molecule has 54 valence electrons. The van der Waals surface area contributed by atoms with Crippen LogP contribution in [0, 0.1) is 0 Å². The van der Waals surface area contributed by atoms with Gasteiger partial charge in [-0.3, -0.25) is 9.48 Å². The zero-order valence-electron chi connectivity index (χ0n) is 5.45. The van der Waals surface area contributed by atoms with E-state index in [4.69, 9.17) is 5.11 Å². The van der Waals surface area contributed by atoms with Crippen LogP contribution in [0.4, 0.5) is 0 Å². The largest absolute Gasteiger partial charge is 0.493 e. The SMILES string of the molecule is O=c1cc(O)n2n1CCC2. The summed E-state index contributed by atoms with van der Waals surface area (Å²) in [6.07, 6.45) is 0.948. The van der Waals surface area contributed by atoms with Crippen LogP contribution in [0.25, 0.3) is 0 Å². The van der Waals surface area contributed by atoms with Crippen molar-refractivity contribution in [3.05, 3.63) is 16.4 Å². The number of fused-ring (bicyclic) bond motifs is 1. The van der Waals surface area contributed by atoms with Gasteiger partial charge in [0.05, 0.1) is 6.07 Å². The molecule has 0 saturated carbocycles. The molecule has 1 aliphatic heterocycles. The molecule has 2 rings (SSSR count). The number of hydrogen-bond acceptors (Lipinski definition) is 2. The van der Waals surface area contributed by atoms with Gasteiger partial charge in [-0.15, -0.1) is 0 Å². The van der Waals surface area contributed by atoms with Crippen molar-refractivity contribution in [3.63, 3.8) is 0 Å². The molecule has 0 saturated heterocycles. The lowest BCUT2D eigenvalue weighted by atomic mass is 10.4. The van der Waals surface area contributed by atoms with E-state index in [1.807, 2.05) is 0 Å². The summed E-state index contributed by atoms with van der Waals surface area (Å²) in [5, 5.41) is 9.09. The molecule has 1 aliphatic rings. The van der Waals surface area contributed by atoms with Crippen molar-refractivity contribution in [1.29, 1.82) is 0 Å². The minimum absolute atomic E-state index is 0.0856. The van der Waals surface area contributed by atoms with Crippen molar-refractivity contribution in [3.8, 4) is 5.88 Å². The van der Waals surface area contributed by atoms with Gasteiger partial charge in [-0.25, -0.2) is 4.68 Å². The summed E-state index contributed by atoms with van der Waals surface area (Å²) < 4.78 is 3.15. The maximum atomic E-state index is 10.9. The highest BCUT2D eigenvalue weighted by molar-refractivity contribution is 5.07. The number of hydrogen-bond donors (Lipinski definition) is 1. The van der Waals surface area contributed by atoms with Crippen LogP contribution in [0.5, 0.6) is 5.88 Å². The van der Waals surface area contributed by atoms with Gasteiger partial charge >= 0.3 is 0 Å². The Kier molecular flexibility index (Phi) is 0.922. The number of nitrogens with zero attached hydrogens (tertiary/aromatic N) is 2. The lowest BCUT2D eigenvalue weighted by Crippen LogP contribution is -2.15. The van der Waals surface area contributed by atoms with E-state index in [1.165, 1.54) is 6.07 Å². The van der Waals surface area contributed by atoms with Gasteiger partial charge in [0.25, 0.3) is 5.56 Å². The summed E-state index contributed by atoms with van der Waals surface area (Å²) in [6, 6.07) is 1.25. The molecular formula is C6H8N2O2. The fourth-order valence-corrected chi connectivity index (χ4v) is 1.34. The van der Waals surface area contributed by atoms with Crippen LogP contribution in [0.3, 0.4) is 0 Å². The van der Waals surface area contributed by atoms with E-state index in [9.17, 15) is 4.79 Å². The lowest BCUT2D eigenvalue weighted by Gasteiger charge is -1.97. The van der Waals surface area contributed by atoms with Crippen LogP contribution >= 0.6 is 0 Å². The van der Waals surface area contributed by atoms with E-state index < -0.39 is 0 Å². The van der Waals surface area contributed by atoms with E-state index in [2.05, 4.69) is 0 Å². The Labute approximate surface area is 57.3 Å². The summed E-state index contributed by atoms with van der Waals surface area (Å²) in [6.45, 7) is 1.49. The Bertz CT molecular complexity index is 310. The second-order valence-corrected chi connectivity index (χ2v) is 2.44. The van der Waals surface area contributed by atoms with Crippen LogP contribution < -0.4 is 5.56 Å². The molecule has 0 aromatic carbocycles. The number of aromatic hydroxyl groups is 1. The van der Waals surface area contributed by atoms with Crippen molar-refractivity contribution < 1.29 is 5.11 Å². The highest BCUT2D eigenvalue weighted by Crippen LogP contribution is 2.12. The van der Waals surface area contributed by atoms with Gasteiger partial charge < -0.3 is 5.11 Å². The van der Waals surface area contributed by atoms with Gasteiger partial charge in [0.1, 0.15) is 0 Å². The third kappa shape index (κ3) is 0.531. The predicted molar refractivity (Wildman–Crippen MR) is 35.0 cm³/mol. The third-order valence-electron chi connectivity index (χ3n) is 1.80. The smallest absolute Gasteiger partial charge is 0.270 e. The molecule has 1 N–H and O–H groups in total. The summed E-state index contributed by atoms with van der Waals surface area (Å²) in [7, 11) is 0. The topological polar surface area (TPSA) is 47.2 Å². The average Bonchev–Trinajstić information content (AvgIpc) is 2.39. The maximum Gasteiger partial charge on any atom is 0.270 e. The van der Waals surface area contributed by atoms with Crippen LogP contribution in [0.2, 0.25) is 0 Å². The monoisotopic (exact) mass is 140 g/mol. The van der Waals surface area contributed by atoms with Gasteiger partial charge in [0.15, 0.2) is 0 Å². The fourth-order valence-electron chi connectivity index (χ4n) is 1.34. The first-order valence-corrected chi connectivity index (χ1v) is 3.28. The minimum atomic E-state index is -0.102. The van der Waals surface area contributed by atoms with Crippen LogP contribution in [-0.2, 0) is 13.1 Å². The number of rotatable bonds is 0. The van der Waals surface area contributed by atoms with Crippen LogP contribution in [0.15, 0.2) is 10.9 Å². The number of aromatic nitrogens is 2. The normalized spacial score (nSPS) is 15.6. The van der Waals surface area contributed by atoms with E-state index >= 15 is 0 Å². The van der Waals surface area contributed by atoms with Crippen molar-refractivity contribution in [2.24, 2.45) is 0 Å². The first-order valence-electron chi connectivity index (χ1n) is 3.28. The van der Waals surface area contributed by atoms with Crippen LogP contribution in [0.1, 0.15) is 6.42 Å². The Hall–Kier alpha value is -1.19. The summed E-state index contributed by atoms with van der Waals surface area (Å²) in [5.41, 5.74) is -0.102. The highest BCUT2D eigenvalue weighted by Gasteiger charge is 2.14. The summed E-state index contributed by atoms with van der Waals surface area (Å²) in [5.74, 6) is 0.0856. The minimum Gasteiger partial charge on any atom is -0.493 e. The molecule has 0 unspecified atom stereocenters. The average molecular weight is 140 g/mol. The molecule has 0 spiro atoms. The fraction of sp³-hybridized carbons (Fsp3) is 0.500. The molecule has 10 heavy (non-hydrogen) atoms. The molecule has 0 radical (unpaired) electrons. The standard InChI is InChI=1S/C6H8N2O2/c9-5-4-6(10)8-3-1-2-7(5)8/h4,9H,1-3H2. The first-order chi connectivity index (χ1) is 4.79. The molecule has 0 fully saturated rings. The van der Waals surface area contributed by atoms with E-state index in [0.717, 1.165) is 19.5 Å². The van der Waals surface area contributed by atoms with Crippen molar-refractivity contribution >= 4 is 0 Å².